The van der Waals surface area contributed by atoms with E-state index in [2.05, 4.69) is 39.3 Å². The summed E-state index contributed by atoms with van der Waals surface area (Å²) in [6, 6.07) is 0. The number of fused-ring (bicyclic) bond motifs is 1. The van der Waals surface area contributed by atoms with Gasteiger partial charge in [-0.1, -0.05) is 6.92 Å². The van der Waals surface area contributed by atoms with Crippen LogP contribution in [0.5, 0.6) is 0 Å². The third-order valence-electron chi connectivity index (χ3n) is 4.41. The number of likely N-dealkylation sites (tertiary alicyclic amines) is 1. The van der Waals surface area contributed by atoms with Gasteiger partial charge >= 0.3 is 0 Å². The van der Waals surface area contributed by atoms with E-state index in [-0.39, 0.29) is 0 Å². The summed E-state index contributed by atoms with van der Waals surface area (Å²) in [6.07, 6.45) is 5.87. The van der Waals surface area contributed by atoms with Gasteiger partial charge in [0, 0.05) is 13.6 Å². The van der Waals surface area contributed by atoms with Crippen molar-refractivity contribution in [2.45, 2.75) is 19.8 Å². The summed E-state index contributed by atoms with van der Waals surface area (Å²) in [5.74, 6) is 0.892. The predicted octanol–water partition coefficient (Wildman–Crippen LogP) is 1.51. The Labute approximate surface area is 119 Å². The van der Waals surface area contributed by atoms with Crippen LogP contribution in [0, 0.1) is 5.41 Å². The number of anilines is 1. The van der Waals surface area contributed by atoms with Crippen molar-refractivity contribution >= 4 is 16.9 Å². The van der Waals surface area contributed by atoms with Gasteiger partial charge in [0.2, 0.25) is 0 Å². The molecule has 20 heavy (non-hydrogen) atoms. The van der Waals surface area contributed by atoms with Crippen LogP contribution in [0.1, 0.15) is 19.8 Å². The maximum Gasteiger partial charge on any atom is 0.163 e. The maximum atomic E-state index is 4.36. The molecule has 0 atom stereocenters. The van der Waals surface area contributed by atoms with Crippen molar-refractivity contribution in [3.63, 3.8) is 0 Å². The largest absolute Gasteiger partial charge is 0.369 e. The molecule has 0 amide bonds. The molecule has 1 fully saturated rings. The molecule has 0 unspecified atom stereocenters. The normalized spacial score (nSPS) is 19.4. The molecule has 1 saturated heterocycles. The van der Waals surface area contributed by atoms with Crippen LogP contribution in [0.2, 0.25) is 0 Å². The highest BCUT2D eigenvalue weighted by Crippen LogP contribution is 2.31. The molecule has 0 spiro atoms. The molecular weight excluding hydrogens is 252 g/mol. The molecule has 6 nitrogen and oxygen atoms in total. The molecule has 0 aliphatic carbocycles. The predicted molar refractivity (Wildman–Crippen MR) is 79.6 cm³/mol. The molecule has 0 radical (unpaired) electrons. The first-order valence-corrected chi connectivity index (χ1v) is 7.13. The van der Waals surface area contributed by atoms with Crippen molar-refractivity contribution in [3.8, 4) is 0 Å². The number of nitrogens with one attached hydrogen (secondary N) is 1. The Bertz CT molecular complexity index is 597. The Hall–Kier alpha value is -1.69. The molecular formula is C14H22N6. The second-order valence-corrected chi connectivity index (χ2v) is 6.20. The first-order chi connectivity index (χ1) is 9.57. The van der Waals surface area contributed by atoms with Gasteiger partial charge in [-0.25, -0.2) is 9.97 Å². The van der Waals surface area contributed by atoms with Gasteiger partial charge in [0.15, 0.2) is 5.65 Å². The van der Waals surface area contributed by atoms with E-state index in [0.29, 0.717) is 5.41 Å². The van der Waals surface area contributed by atoms with Crippen LogP contribution in [0.15, 0.2) is 12.5 Å². The van der Waals surface area contributed by atoms with Gasteiger partial charge in [-0.15, -0.1) is 0 Å². The number of hydrogen-bond donors (Lipinski definition) is 1. The van der Waals surface area contributed by atoms with Crippen LogP contribution in [0.25, 0.3) is 11.0 Å². The lowest BCUT2D eigenvalue weighted by molar-refractivity contribution is 0.150. The van der Waals surface area contributed by atoms with E-state index in [1.54, 1.807) is 11.0 Å². The van der Waals surface area contributed by atoms with Crippen molar-refractivity contribution in [3.05, 3.63) is 12.5 Å². The zero-order valence-electron chi connectivity index (χ0n) is 12.4. The number of aryl methyl sites for hydroxylation is 1. The van der Waals surface area contributed by atoms with E-state index in [9.17, 15) is 0 Å². The highest BCUT2D eigenvalue weighted by molar-refractivity contribution is 5.85. The van der Waals surface area contributed by atoms with Gasteiger partial charge in [-0.05, 0) is 38.4 Å². The maximum absolute atomic E-state index is 4.36. The van der Waals surface area contributed by atoms with Crippen molar-refractivity contribution in [2.24, 2.45) is 12.5 Å². The van der Waals surface area contributed by atoms with E-state index in [0.717, 1.165) is 23.4 Å². The van der Waals surface area contributed by atoms with Crippen LogP contribution in [0.4, 0.5) is 5.82 Å². The van der Waals surface area contributed by atoms with Crippen LogP contribution < -0.4 is 5.32 Å². The second-order valence-electron chi connectivity index (χ2n) is 6.20. The molecule has 0 bridgehead atoms. The van der Waals surface area contributed by atoms with E-state index in [1.807, 2.05) is 13.2 Å². The minimum atomic E-state index is 0.339. The summed E-state index contributed by atoms with van der Waals surface area (Å²) in [5.41, 5.74) is 1.21. The van der Waals surface area contributed by atoms with Crippen LogP contribution in [-0.4, -0.2) is 51.3 Å². The lowest BCUT2D eigenvalue weighted by atomic mass is 9.80. The van der Waals surface area contributed by atoms with Gasteiger partial charge < -0.3 is 10.2 Å². The molecule has 2 aromatic heterocycles. The molecule has 1 N–H and O–H groups in total. The molecule has 6 heteroatoms. The van der Waals surface area contributed by atoms with Crippen LogP contribution in [0.3, 0.4) is 0 Å². The molecule has 108 valence electrons. The topological polar surface area (TPSA) is 58.9 Å². The molecule has 0 saturated carbocycles. The molecule has 0 aromatic carbocycles. The zero-order valence-corrected chi connectivity index (χ0v) is 12.4. The summed E-state index contributed by atoms with van der Waals surface area (Å²) in [6.45, 7) is 5.64. The quantitative estimate of drug-likeness (QED) is 0.919. The van der Waals surface area contributed by atoms with Gasteiger partial charge in [0.05, 0.1) is 11.6 Å². The highest BCUT2D eigenvalue weighted by Gasteiger charge is 2.28. The van der Waals surface area contributed by atoms with Crippen molar-refractivity contribution < 1.29 is 0 Å². The summed E-state index contributed by atoms with van der Waals surface area (Å²) in [5, 5.41) is 8.74. The number of rotatable bonds is 3. The number of aromatic nitrogens is 4. The Morgan fingerprint density at radius 2 is 2.00 bits per heavy atom. The SMILES string of the molecule is CN1CCC(C)(CNc2ncnc3c2cnn3C)CC1. The third kappa shape index (κ3) is 2.47. The standard InChI is InChI=1S/C14H22N6/c1-14(4-6-19(2)7-5-14)9-15-12-11-8-18-20(3)13(11)17-10-16-12/h8,10H,4-7,9H2,1-3H3,(H,15,16,17). The lowest BCUT2D eigenvalue weighted by Crippen LogP contribution is -2.40. The summed E-state index contributed by atoms with van der Waals surface area (Å²) >= 11 is 0. The number of hydrogen-bond acceptors (Lipinski definition) is 5. The van der Waals surface area contributed by atoms with Crippen LogP contribution >= 0.6 is 0 Å². The molecule has 1 aliphatic heterocycles. The van der Waals surface area contributed by atoms with Crippen LogP contribution in [-0.2, 0) is 7.05 Å². The first kappa shape index (κ1) is 13.3. The Kier molecular flexibility index (Phi) is 3.33. The summed E-state index contributed by atoms with van der Waals surface area (Å²) in [7, 11) is 4.09. The molecule has 3 heterocycles. The Balaban J connectivity index is 1.74. The van der Waals surface area contributed by atoms with Gasteiger partial charge in [-0.3, -0.25) is 4.68 Å². The average molecular weight is 274 g/mol. The van der Waals surface area contributed by atoms with Gasteiger partial charge in [0.25, 0.3) is 0 Å². The third-order valence-corrected chi connectivity index (χ3v) is 4.41. The van der Waals surface area contributed by atoms with Crippen molar-refractivity contribution in [1.29, 1.82) is 0 Å². The molecule has 1 aliphatic rings. The van der Waals surface area contributed by atoms with E-state index in [1.165, 1.54) is 25.9 Å². The average Bonchev–Trinajstić information content (AvgIpc) is 2.83. The fourth-order valence-electron chi connectivity index (χ4n) is 2.74. The monoisotopic (exact) mass is 274 g/mol. The summed E-state index contributed by atoms with van der Waals surface area (Å²) < 4.78 is 1.78. The van der Waals surface area contributed by atoms with E-state index >= 15 is 0 Å². The molecule has 3 rings (SSSR count). The van der Waals surface area contributed by atoms with E-state index < -0.39 is 0 Å². The summed E-state index contributed by atoms with van der Waals surface area (Å²) in [4.78, 5) is 11.0. The van der Waals surface area contributed by atoms with E-state index in [4.69, 9.17) is 0 Å². The molecule has 2 aromatic rings. The smallest absolute Gasteiger partial charge is 0.163 e. The minimum absolute atomic E-state index is 0.339. The number of piperidine rings is 1. The van der Waals surface area contributed by atoms with Crippen molar-refractivity contribution in [2.75, 3.05) is 32.0 Å². The van der Waals surface area contributed by atoms with Gasteiger partial charge in [0.1, 0.15) is 12.1 Å². The fourth-order valence-corrected chi connectivity index (χ4v) is 2.74. The minimum Gasteiger partial charge on any atom is -0.369 e. The van der Waals surface area contributed by atoms with Gasteiger partial charge in [-0.2, -0.15) is 5.10 Å². The Morgan fingerprint density at radius 1 is 1.25 bits per heavy atom. The highest BCUT2D eigenvalue weighted by atomic mass is 15.3. The zero-order chi connectivity index (χ0) is 14.2. The van der Waals surface area contributed by atoms with Crippen molar-refractivity contribution in [1.82, 2.24) is 24.6 Å². The Morgan fingerprint density at radius 3 is 2.75 bits per heavy atom. The second kappa shape index (κ2) is 5.01. The first-order valence-electron chi connectivity index (χ1n) is 7.13. The number of nitrogens with zero attached hydrogens (tertiary/aromatic N) is 5. The fraction of sp³-hybridized carbons (Fsp3) is 0.643. The lowest BCUT2D eigenvalue weighted by Gasteiger charge is -2.38.